The second-order valence-electron chi connectivity index (χ2n) is 5.64. The minimum Gasteiger partial charge on any atom is -0.462 e. The zero-order valence-corrected chi connectivity index (χ0v) is 16.8. The number of esters is 2. The lowest BCUT2D eigenvalue weighted by atomic mass is 10.1. The van der Waals surface area contributed by atoms with Crippen LogP contribution in [0.5, 0.6) is 0 Å². The van der Waals surface area contributed by atoms with Crippen molar-refractivity contribution in [3.05, 3.63) is 24.3 Å². The van der Waals surface area contributed by atoms with Crippen LogP contribution in [0.4, 0.5) is 0 Å². The molecule has 8 heteroatoms. The maximum Gasteiger partial charge on any atom is 0.483 e. The molecule has 25 heavy (non-hydrogen) atoms. The van der Waals surface area contributed by atoms with Crippen molar-refractivity contribution < 1.29 is 32.3 Å². The van der Waals surface area contributed by atoms with Crippen LogP contribution in [0.1, 0.15) is 39.5 Å². The third-order valence-electron chi connectivity index (χ3n) is 3.19. The Labute approximate surface area is 151 Å². The SMILES string of the molecule is C=C(C)C(=O)OCCCC(CCCOC(=O)C(=C)C)O[SiH](OC)OC. The van der Waals surface area contributed by atoms with Crippen LogP contribution in [0.15, 0.2) is 24.3 Å². The van der Waals surface area contributed by atoms with Gasteiger partial charge < -0.3 is 22.8 Å². The summed E-state index contributed by atoms with van der Waals surface area (Å²) >= 11 is 0. The molecule has 0 aliphatic rings. The monoisotopic (exact) mass is 374 g/mol. The summed E-state index contributed by atoms with van der Waals surface area (Å²) in [5, 5.41) is 0. The number of carbonyl (C=O) groups excluding carboxylic acids is 2. The van der Waals surface area contributed by atoms with Gasteiger partial charge in [0, 0.05) is 31.5 Å². The first kappa shape index (κ1) is 23.5. The normalized spacial score (nSPS) is 10.8. The molecule has 0 N–H and O–H groups in total. The van der Waals surface area contributed by atoms with Gasteiger partial charge in [0.05, 0.1) is 13.2 Å². The average molecular weight is 375 g/mol. The lowest BCUT2D eigenvalue weighted by Gasteiger charge is -2.21. The van der Waals surface area contributed by atoms with Gasteiger partial charge in [-0.1, -0.05) is 13.2 Å². The first-order valence-corrected chi connectivity index (χ1v) is 9.59. The van der Waals surface area contributed by atoms with E-state index in [4.69, 9.17) is 22.8 Å². The van der Waals surface area contributed by atoms with Gasteiger partial charge in [0.2, 0.25) is 0 Å². The van der Waals surface area contributed by atoms with Crippen molar-refractivity contribution in [2.24, 2.45) is 0 Å². The first-order valence-electron chi connectivity index (χ1n) is 8.18. The van der Waals surface area contributed by atoms with Crippen molar-refractivity contribution in [3.63, 3.8) is 0 Å². The lowest BCUT2D eigenvalue weighted by molar-refractivity contribution is -0.139. The third-order valence-corrected chi connectivity index (χ3v) is 4.57. The van der Waals surface area contributed by atoms with E-state index in [1.165, 1.54) is 0 Å². The minimum atomic E-state index is -2.17. The largest absolute Gasteiger partial charge is 0.483 e. The maximum atomic E-state index is 11.3. The highest BCUT2D eigenvalue weighted by Gasteiger charge is 2.19. The van der Waals surface area contributed by atoms with Gasteiger partial charge in [-0.2, -0.15) is 0 Å². The first-order chi connectivity index (χ1) is 11.8. The molecule has 144 valence electrons. The Kier molecular flexibility index (Phi) is 13.0. The molecule has 0 spiro atoms. The molecule has 0 aromatic heterocycles. The fraction of sp³-hybridized carbons (Fsp3) is 0.647. The summed E-state index contributed by atoms with van der Waals surface area (Å²) in [4.78, 5) is 22.7. The fourth-order valence-electron chi connectivity index (χ4n) is 1.84. The zero-order valence-electron chi connectivity index (χ0n) is 15.7. The molecule has 0 unspecified atom stereocenters. The van der Waals surface area contributed by atoms with E-state index < -0.39 is 21.5 Å². The van der Waals surface area contributed by atoms with E-state index in [2.05, 4.69) is 13.2 Å². The van der Waals surface area contributed by atoms with Gasteiger partial charge in [-0.05, 0) is 39.5 Å². The molecular weight excluding hydrogens is 344 g/mol. The van der Waals surface area contributed by atoms with Crippen molar-refractivity contribution in [1.29, 1.82) is 0 Å². The second kappa shape index (κ2) is 13.8. The van der Waals surface area contributed by atoms with Gasteiger partial charge in [-0.3, -0.25) is 0 Å². The summed E-state index contributed by atoms with van der Waals surface area (Å²) < 4.78 is 26.3. The molecule has 0 fully saturated rings. The summed E-state index contributed by atoms with van der Waals surface area (Å²) in [6.45, 7) is 10.9. The molecular formula is C17H30O7Si. The number of hydrogen-bond donors (Lipinski definition) is 0. The number of hydrogen-bond acceptors (Lipinski definition) is 7. The molecule has 0 amide bonds. The Bertz CT molecular complexity index is 412. The Morgan fingerprint density at radius 2 is 1.28 bits per heavy atom. The quantitative estimate of drug-likeness (QED) is 0.199. The van der Waals surface area contributed by atoms with Gasteiger partial charge in [0.25, 0.3) is 0 Å². The summed E-state index contributed by atoms with van der Waals surface area (Å²) in [5.41, 5.74) is 0.747. The molecule has 0 aliphatic carbocycles. The van der Waals surface area contributed by atoms with Crippen LogP contribution in [0.2, 0.25) is 0 Å². The standard InChI is InChI=1S/C17H30O7Si/c1-13(2)16(18)22-11-7-9-15(24-25(20-5)21-6)10-8-12-23-17(19)14(3)4/h15,25H,1,3,7-12H2,2,4-6H3. The molecule has 0 saturated carbocycles. The molecule has 0 bridgehead atoms. The van der Waals surface area contributed by atoms with E-state index in [0.29, 0.717) is 50.0 Å². The molecule has 0 atom stereocenters. The van der Waals surface area contributed by atoms with Crippen LogP contribution in [0.25, 0.3) is 0 Å². The molecule has 0 aliphatic heterocycles. The van der Waals surface area contributed by atoms with Crippen LogP contribution >= 0.6 is 0 Å². The predicted molar refractivity (Wildman–Crippen MR) is 96.1 cm³/mol. The fourth-order valence-corrected chi connectivity index (χ4v) is 2.84. The highest BCUT2D eigenvalue weighted by Crippen LogP contribution is 2.13. The van der Waals surface area contributed by atoms with Crippen LogP contribution in [0.3, 0.4) is 0 Å². The Balaban J connectivity index is 4.26. The Morgan fingerprint density at radius 3 is 1.60 bits per heavy atom. The Morgan fingerprint density at radius 1 is 0.880 bits per heavy atom. The lowest BCUT2D eigenvalue weighted by Crippen LogP contribution is -2.30. The third kappa shape index (κ3) is 11.7. The summed E-state index contributed by atoms with van der Waals surface area (Å²) in [6, 6.07) is 0. The molecule has 0 rings (SSSR count). The van der Waals surface area contributed by atoms with Gasteiger partial charge in [-0.25, -0.2) is 9.59 Å². The van der Waals surface area contributed by atoms with Crippen molar-refractivity contribution in [1.82, 2.24) is 0 Å². The van der Waals surface area contributed by atoms with E-state index in [0.717, 1.165) is 0 Å². The maximum absolute atomic E-state index is 11.3. The molecule has 0 radical (unpaired) electrons. The molecule has 0 aromatic rings. The topological polar surface area (TPSA) is 80.3 Å². The summed E-state index contributed by atoms with van der Waals surface area (Å²) in [5.74, 6) is -0.796. The van der Waals surface area contributed by atoms with Crippen LogP contribution in [0, 0.1) is 0 Å². The summed E-state index contributed by atoms with van der Waals surface area (Å²) in [6.07, 6.45) is 2.51. The van der Waals surface area contributed by atoms with Gasteiger partial charge in [0.15, 0.2) is 0 Å². The van der Waals surface area contributed by atoms with Crippen LogP contribution < -0.4 is 0 Å². The van der Waals surface area contributed by atoms with Gasteiger partial charge >= 0.3 is 21.5 Å². The van der Waals surface area contributed by atoms with Gasteiger partial charge in [-0.15, -0.1) is 0 Å². The Hall–Kier alpha value is -1.48. The van der Waals surface area contributed by atoms with Crippen molar-refractivity contribution >= 4 is 21.5 Å². The smallest absolute Gasteiger partial charge is 0.462 e. The van der Waals surface area contributed by atoms with E-state index in [9.17, 15) is 9.59 Å². The van der Waals surface area contributed by atoms with Crippen molar-refractivity contribution in [3.8, 4) is 0 Å². The van der Waals surface area contributed by atoms with E-state index >= 15 is 0 Å². The average Bonchev–Trinajstić information content (AvgIpc) is 2.58. The van der Waals surface area contributed by atoms with Gasteiger partial charge in [0.1, 0.15) is 0 Å². The molecule has 0 aromatic carbocycles. The highest BCUT2D eigenvalue weighted by molar-refractivity contribution is 6.36. The number of carbonyl (C=O) groups is 2. The van der Waals surface area contributed by atoms with Crippen LogP contribution in [-0.4, -0.2) is 55.0 Å². The number of rotatable bonds is 14. The van der Waals surface area contributed by atoms with Crippen molar-refractivity contribution in [2.45, 2.75) is 45.6 Å². The van der Waals surface area contributed by atoms with E-state index in [1.807, 2.05) is 0 Å². The van der Waals surface area contributed by atoms with E-state index in [1.54, 1.807) is 28.1 Å². The molecule has 0 saturated heterocycles. The van der Waals surface area contributed by atoms with E-state index in [-0.39, 0.29) is 6.10 Å². The summed E-state index contributed by atoms with van der Waals surface area (Å²) in [7, 11) is 0.916. The van der Waals surface area contributed by atoms with Crippen LogP contribution in [-0.2, 0) is 32.3 Å². The number of ether oxygens (including phenoxy) is 2. The van der Waals surface area contributed by atoms with Crippen molar-refractivity contribution in [2.75, 3.05) is 27.4 Å². The predicted octanol–water partition coefficient (Wildman–Crippen LogP) is 2.18. The zero-order chi connectivity index (χ0) is 19.2. The molecule has 0 heterocycles. The molecule has 7 nitrogen and oxygen atoms in total. The minimum absolute atomic E-state index is 0.122. The second-order valence-corrected chi connectivity index (χ2v) is 7.43. The highest BCUT2D eigenvalue weighted by atomic mass is 28.3.